The summed E-state index contributed by atoms with van der Waals surface area (Å²) in [4.78, 5) is 14.8. The molecule has 1 heterocycles. The van der Waals surface area contributed by atoms with Crippen molar-refractivity contribution in [3.8, 4) is 0 Å². The van der Waals surface area contributed by atoms with Crippen LogP contribution in [0, 0.1) is 17.0 Å². The molecule has 1 rings (SSSR count). The molecule has 48 valence electrons. The Labute approximate surface area is 55.1 Å². The van der Waals surface area contributed by atoms with Gasteiger partial charge in [0.1, 0.15) is 6.20 Å². The average Bonchev–Trinajstić information content (AvgIpc) is 2.30. The zero-order chi connectivity index (χ0) is 9.35. The number of aromatic amines is 1. The Hall–Kier alpha value is -1.39. The van der Waals surface area contributed by atoms with Crippen molar-refractivity contribution in [1.82, 2.24) is 9.97 Å². The normalized spacial score (nSPS) is 15.8. The number of aryl methyl sites for hydroxylation is 1. The molecule has 0 aliphatic carbocycles. The Morgan fingerprint density at radius 3 is 3.22 bits per heavy atom. The smallest absolute Gasteiger partial charge is 0.340 e. The lowest BCUT2D eigenvalue weighted by molar-refractivity contribution is -0.389. The summed E-state index contributed by atoms with van der Waals surface area (Å²) >= 11 is 0. The third kappa shape index (κ3) is 1.04. The van der Waals surface area contributed by atoms with Crippen LogP contribution >= 0.6 is 0 Å². The first-order valence-electron chi connectivity index (χ1n) is 3.61. The van der Waals surface area contributed by atoms with Crippen LogP contribution in [0.15, 0.2) is 6.20 Å². The fourth-order valence-electron chi connectivity index (χ4n) is 0.404. The Morgan fingerprint density at radius 2 is 2.89 bits per heavy atom. The van der Waals surface area contributed by atoms with Crippen LogP contribution in [0.2, 0.25) is 0 Å². The van der Waals surface area contributed by atoms with Crippen LogP contribution in [-0.4, -0.2) is 14.9 Å². The predicted octanol–water partition coefficient (Wildman–Crippen LogP) is 0.626. The molecular formula is C4H5N3O2. The van der Waals surface area contributed by atoms with E-state index in [2.05, 4.69) is 9.97 Å². The van der Waals surface area contributed by atoms with E-state index in [1.807, 2.05) is 0 Å². The summed E-state index contributed by atoms with van der Waals surface area (Å²) < 4.78 is 20.5. The van der Waals surface area contributed by atoms with Crippen LogP contribution < -0.4 is 0 Å². The highest BCUT2D eigenvalue weighted by Crippen LogP contribution is 2.03. The molecule has 0 bridgehead atoms. The molecule has 0 spiro atoms. The Morgan fingerprint density at radius 1 is 2.11 bits per heavy atom. The minimum Gasteiger partial charge on any atom is -0.358 e. The third-order valence-corrected chi connectivity index (χ3v) is 0.759. The maximum atomic E-state index is 10.1. The van der Waals surface area contributed by atoms with Gasteiger partial charge in [0.2, 0.25) is 0 Å². The van der Waals surface area contributed by atoms with Gasteiger partial charge < -0.3 is 10.1 Å². The van der Waals surface area contributed by atoms with E-state index in [0.29, 0.717) is 0 Å². The lowest BCUT2D eigenvalue weighted by Gasteiger charge is -1.83. The highest BCUT2D eigenvalue weighted by molar-refractivity contribution is 5.13. The van der Waals surface area contributed by atoms with Crippen LogP contribution in [0.5, 0.6) is 0 Å². The number of aromatic nitrogens is 2. The molecule has 5 heteroatoms. The summed E-state index contributed by atoms with van der Waals surface area (Å²) in [5.74, 6) is -0.782. The number of hydrogen-bond acceptors (Lipinski definition) is 3. The SMILES string of the molecule is [2H]C([2H])([2H])c1ncc([N+](=O)[O-])[nH]1. The van der Waals surface area contributed by atoms with Gasteiger partial charge >= 0.3 is 5.82 Å². The quantitative estimate of drug-likeness (QED) is 0.447. The number of imidazole rings is 1. The van der Waals surface area contributed by atoms with Crippen molar-refractivity contribution < 1.29 is 9.04 Å². The van der Waals surface area contributed by atoms with Crippen LogP contribution in [0.1, 0.15) is 9.94 Å². The van der Waals surface area contributed by atoms with Gasteiger partial charge in [-0.05, 0) is 4.92 Å². The number of nitro groups is 1. The molecular weight excluding hydrogens is 122 g/mol. The zero-order valence-electron chi connectivity index (χ0n) is 7.29. The van der Waals surface area contributed by atoms with E-state index in [4.69, 9.17) is 4.11 Å². The van der Waals surface area contributed by atoms with Crippen LogP contribution in [0.25, 0.3) is 0 Å². The first-order valence-corrected chi connectivity index (χ1v) is 2.11. The molecule has 0 radical (unpaired) electrons. The van der Waals surface area contributed by atoms with Gasteiger partial charge in [-0.1, -0.05) is 0 Å². The second kappa shape index (κ2) is 1.85. The highest BCUT2D eigenvalue weighted by atomic mass is 16.6. The van der Waals surface area contributed by atoms with Gasteiger partial charge in [0.05, 0.1) is 0 Å². The van der Waals surface area contributed by atoms with Crippen molar-refractivity contribution in [2.45, 2.75) is 6.85 Å². The molecule has 0 aliphatic heterocycles. The molecule has 0 aliphatic rings. The fraction of sp³-hybridized carbons (Fsp3) is 0.250. The van der Waals surface area contributed by atoms with Crippen molar-refractivity contribution in [2.24, 2.45) is 0 Å². The molecule has 0 unspecified atom stereocenters. The molecule has 0 atom stereocenters. The summed E-state index contributed by atoms with van der Waals surface area (Å²) in [6.45, 7) is -2.42. The summed E-state index contributed by atoms with van der Waals surface area (Å²) in [6.07, 6.45) is 0.877. The molecule has 0 saturated heterocycles. The van der Waals surface area contributed by atoms with Gasteiger partial charge in [0.15, 0.2) is 5.82 Å². The van der Waals surface area contributed by atoms with Crippen LogP contribution in [0.3, 0.4) is 0 Å². The maximum Gasteiger partial charge on any atom is 0.340 e. The summed E-state index contributed by atoms with van der Waals surface area (Å²) in [5.41, 5.74) is 0. The maximum absolute atomic E-state index is 10.1. The lowest BCUT2D eigenvalue weighted by Crippen LogP contribution is -1.86. The Bertz CT molecular complexity index is 305. The van der Waals surface area contributed by atoms with E-state index in [-0.39, 0.29) is 5.82 Å². The van der Waals surface area contributed by atoms with Gasteiger partial charge in [0.25, 0.3) is 0 Å². The molecule has 5 nitrogen and oxygen atoms in total. The number of nitrogens with one attached hydrogen (secondary N) is 1. The molecule has 9 heavy (non-hydrogen) atoms. The summed E-state index contributed by atoms with van der Waals surface area (Å²) in [5, 5.41) is 10.1. The van der Waals surface area contributed by atoms with E-state index >= 15 is 0 Å². The van der Waals surface area contributed by atoms with Crippen molar-refractivity contribution in [1.29, 1.82) is 0 Å². The molecule has 0 aromatic carbocycles. The van der Waals surface area contributed by atoms with Crippen molar-refractivity contribution in [3.05, 3.63) is 22.1 Å². The van der Waals surface area contributed by atoms with E-state index in [1.54, 1.807) is 0 Å². The monoisotopic (exact) mass is 130 g/mol. The van der Waals surface area contributed by atoms with Crippen LogP contribution in [0.4, 0.5) is 5.82 Å². The number of hydrogen-bond donors (Lipinski definition) is 1. The first kappa shape index (κ1) is 2.95. The Kier molecular flexibility index (Phi) is 0.606. The highest BCUT2D eigenvalue weighted by Gasteiger charge is 2.04. The van der Waals surface area contributed by atoms with Gasteiger partial charge in [-0.15, -0.1) is 0 Å². The van der Waals surface area contributed by atoms with Crippen LogP contribution in [-0.2, 0) is 0 Å². The lowest BCUT2D eigenvalue weighted by atomic mass is 10.7. The van der Waals surface area contributed by atoms with Crippen molar-refractivity contribution in [2.75, 3.05) is 0 Å². The topological polar surface area (TPSA) is 71.8 Å². The molecule has 1 N–H and O–H groups in total. The molecule has 0 saturated carbocycles. The molecule has 0 amide bonds. The number of H-pyrrole nitrogens is 1. The zero-order valence-corrected chi connectivity index (χ0v) is 4.29. The minimum atomic E-state index is -2.42. The molecule has 0 fully saturated rings. The number of rotatable bonds is 1. The van der Waals surface area contributed by atoms with E-state index in [1.165, 1.54) is 0 Å². The van der Waals surface area contributed by atoms with Gasteiger partial charge in [-0.3, -0.25) is 0 Å². The van der Waals surface area contributed by atoms with Crippen molar-refractivity contribution >= 4 is 5.82 Å². The first-order chi connectivity index (χ1) is 5.41. The second-order valence-corrected chi connectivity index (χ2v) is 1.37. The van der Waals surface area contributed by atoms with E-state index < -0.39 is 17.6 Å². The minimum absolute atomic E-state index is 0.366. The third-order valence-electron chi connectivity index (χ3n) is 0.759. The van der Waals surface area contributed by atoms with Gasteiger partial charge in [-0.25, -0.2) is 9.97 Å². The predicted molar refractivity (Wildman–Crippen MR) is 30.0 cm³/mol. The van der Waals surface area contributed by atoms with Crippen molar-refractivity contribution in [3.63, 3.8) is 0 Å². The molecule has 1 aromatic rings. The fourth-order valence-corrected chi connectivity index (χ4v) is 0.404. The second-order valence-electron chi connectivity index (χ2n) is 1.37. The average molecular weight is 130 g/mol. The summed E-state index contributed by atoms with van der Waals surface area (Å²) in [6, 6.07) is 0. The number of nitrogens with zero attached hydrogens (tertiary/aromatic N) is 2. The standard InChI is InChI=1S/C4H5N3O2/c1-3-5-2-4(6-3)7(8)9/h2H,1H3,(H,5,6)/i1D3. The van der Waals surface area contributed by atoms with E-state index in [0.717, 1.165) is 6.20 Å². The van der Waals surface area contributed by atoms with Gasteiger partial charge in [-0.2, -0.15) is 0 Å². The Balaban J connectivity index is 3.00. The van der Waals surface area contributed by atoms with Gasteiger partial charge in [0, 0.05) is 11.0 Å². The summed E-state index contributed by atoms with van der Waals surface area (Å²) in [7, 11) is 0. The van der Waals surface area contributed by atoms with E-state index in [9.17, 15) is 10.1 Å². The largest absolute Gasteiger partial charge is 0.358 e. The molecule has 1 aromatic heterocycles.